The van der Waals surface area contributed by atoms with Crippen molar-refractivity contribution in [3.05, 3.63) is 69.9 Å². The molecular weight excluding hydrogens is 350 g/mol. The number of nitrogens with zero attached hydrogens (tertiary/aromatic N) is 1. The van der Waals surface area contributed by atoms with Crippen molar-refractivity contribution in [2.24, 2.45) is 0 Å². The van der Waals surface area contributed by atoms with Crippen molar-refractivity contribution < 1.29 is 23.9 Å². The van der Waals surface area contributed by atoms with Gasteiger partial charge in [-0.1, -0.05) is 18.2 Å². The van der Waals surface area contributed by atoms with E-state index in [1.54, 1.807) is 18.2 Å². The zero-order valence-electron chi connectivity index (χ0n) is 15.2. The Hall–Kier alpha value is -3.35. The Morgan fingerprint density at radius 3 is 2.52 bits per heavy atom. The third-order valence-corrected chi connectivity index (χ3v) is 3.65. The molecule has 142 valence electrons. The lowest BCUT2D eigenvalue weighted by atomic mass is 10.1. The van der Waals surface area contributed by atoms with Gasteiger partial charge in [-0.3, -0.25) is 14.9 Å². The number of ether oxygens (including phenoxy) is 3. The summed E-state index contributed by atoms with van der Waals surface area (Å²) in [6, 6.07) is 12.3. The van der Waals surface area contributed by atoms with E-state index in [-0.39, 0.29) is 12.2 Å². The predicted octanol–water partition coefficient (Wildman–Crippen LogP) is 3.88. The van der Waals surface area contributed by atoms with Gasteiger partial charge in [0.05, 0.1) is 18.6 Å². The van der Waals surface area contributed by atoms with Crippen LogP contribution in [0, 0.1) is 10.1 Å². The second-order valence-electron chi connectivity index (χ2n) is 5.56. The molecule has 0 unspecified atom stereocenters. The van der Waals surface area contributed by atoms with Gasteiger partial charge in [-0.25, -0.2) is 0 Å². The number of methoxy groups -OCH3 is 1. The summed E-state index contributed by atoms with van der Waals surface area (Å²) in [6.45, 7) is 2.53. The Kier molecular flexibility index (Phi) is 7.37. The van der Waals surface area contributed by atoms with Crippen LogP contribution in [0.5, 0.6) is 17.2 Å². The minimum Gasteiger partial charge on any atom is -0.494 e. The summed E-state index contributed by atoms with van der Waals surface area (Å²) in [5.41, 5.74) is 1.57. The van der Waals surface area contributed by atoms with E-state index in [0.29, 0.717) is 24.3 Å². The lowest BCUT2D eigenvalue weighted by Gasteiger charge is -2.10. The molecule has 0 spiro atoms. The van der Waals surface area contributed by atoms with Gasteiger partial charge in [0.25, 0.3) is 0 Å². The molecule has 27 heavy (non-hydrogen) atoms. The summed E-state index contributed by atoms with van der Waals surface area (Å²) < 4.78 is 15.9. The van der Waals surface area contributed by atoms with Crippen molar-refractivity contribution in [3.63, 3.8) is 0 Å². The molecule has 0 bridgehead atoms. The van der Waals surface area contributed by atoms with E-state index < -0.39 is 10.9 Å². The van der Waals surface area contributed by atoms with Gasteiger partial charge in [-0.15, -0.1) is 0 Å². The molecule has 0 amide bonds. The summed E-state index contributed by atoms with van der Waals surface area (Å²) in [4.78, 5) is 22.0. The van der Waals surface area contributed by atoms with Gasteiger partial charge in [0, 0.05) is 12.5 Å². The third-order valence-electron chi connectivity index (χ3n) is 3.65. The molecule has 2 rings (SSSR count). The maximum absolute atomic E-state index is 12.1. The fraction of sp³-hybridized carbons (Fsp3) is 0.250. The number of rotatable bonds is 9. The van der Waals surface area contributed by atoms with E-state index in [4.69, 9.17) is 14.2 Å². The second-order valence-corrected chi connectivity index (χ2v) is 5.56. The lowest BCUT2D eigenvalue weighted by Crippen LogP contribution is -2.10. The van der Waals surface area contributed by atoms with Crippen molar-refractivity contribution in [2.45, 2.75) is 19.8 Å². The SMILES string of the molecule is CCOc1ccc(CCC(=O)Oc2ccc(/C=C/[N+](=O)[O-])cc2OC)cc1. The van der Waals surface area contributed by atoms with Crippen LogP contribution in [0.2, 0.25) is 0 Å². The highest BCUT2D eigenvalue weighted by atomic mass is 16.6. The van der Waals surface area contributed by atoms with E-state index >= 15 is 0 Å². The highest BCUT2D eigenvalue weighted by molar-refractivity contribution is 5.74. The molecule has 7 nitrogen and oxygen atoms in total. The van der Waals surface area contributed by atoms with Crippen LogP contribution >= 0.6 is 0 Å². The van der Waals surface area contributed by atoms with Crippen molar-refractivity contribution in [2.75, 3.05) is 13.7 Å². The fourth-order valence-electron chi connectivity index (χ4n) is 2.36. The topological polar surface area (TPSA) is 87.9 Å². The van der Waals surface area contributed by atoms with Crippen molar-refractivity contribution in [1.82, 2.24) is 0 Å². The fourth-order valence-corrected chi connectivity index (χ4v) is 2.36. The summed E-state index contributed by atoms with van der Waals surface area (Å²) in [6.07, 6.45) is 2.91. The van der Waals surface area contributed by atoms with Crippen LogP contribution in [0.4, 0.5) is 0 Å². The summed E-state index contributed by atoms with van der Waals surface area (Å²) in [5, 5.41) is 10.4. The van der Waals surface area contributed by atoms with E-state index in [1.165, 1.54) is 13.2 Å². The van der Waals surface area contributed by atoms with Crippen LogP contribution in [0.25, 0.3) is 6.08 Å². The molecule has 0 aliphatic carbocycles. The zero-order valence-corrected chi connectivity index (χ0v) is 15.2. The molecule has 0 heterocycles. The molecule has 0 saturated heterocycles. The zero-order chi connectivity index (χ0) is 19.6. The Morgan fingerprint density at radius 2 is 1.89 bits per heavy atom. The van der Waals surface area contributed by atoms with Gasteiger partial charge < -0.3 is 14.2 Å². The third kappa shape index (κ3) is 6.47. The minimum atomic E-state index is -0.554. The van der Waals surface area contributed by atoms with E-state index in [1.807, 2.05) is 31.2 Å². The molecule has 7 heteroatoms. The average Bonchev–Trinajstić information content (AvgIpc) is 2.66. The standard InChI is InChI=1S/C20H21NO6/c1-3-26-17-8-4-15(5-9-17)7-11-20(22)27-18-10-6-16(12-13-21(23)24)14-19(18)25-2/h4-6,8-10,12-14H,3,7,11H2,1-2H3/b13-12+. The number of esters is 1. The number of hydrogen-bond acceptors (Lipinski definition) is 6. The smallest absolute Gasteiger partial charge is 0.311 e. The maximum Gasteiger partial charge on any atom is 0.311 e. The number of benzene rings is 2. The van der Waals surface area contributed by atoms with Crippen LogP contribution in [0.3, 0.4) is 0 Å². The predicted molar refractivity (Wildman–Crippen MR) is 101 cm³/mol. The Bertz CT molecular complexity index is 814. The van der Waals surface area contributed by atoms with Crippen LogP contribution in [0.1, 0.15) is 24.5 Å². The van der Waals surface area contributed by atoms with E-state index in [0.717, 1.165) is 17.5 Å². The molecular formula is C20H21NO6. The molecule has 0 fully saturated rings. The minimum absolute atomic E-state index is 0.208. The van der Waals surface area contributed by atoms with Crippen molar-refractivity contribution in [1.29, 1.82) is 0 Å². The molecule has 0 aliphatic heterocycles. The van der Waals surface area contributed by atoms with Crippen LogP contribution in [-0.2, 0) is 11.2 Å². The first-order valence-corrected chi connectivity index (χ1v) is 8.44. The van der Waals surface area contributed by atoms with Gasteiger partial charge in [0.2, 0.25) is 6.20 Å². The van der Waals surface area contributed by atoms with Gasteiger partial charge >= 0.3 is 5.97 Å². The summed E-state index contributed by atoms with van der Waals surface area (Å²) >= 11 is 0. The monoisotopic (exact) mass is 371 g/mol. The first-order chi connectivity index (χ1) is 13.0. The van der Waals surface area contributed by atoms with Crippen LogP contribution < -0.4 is 14.2 Å². The maximum atomic E-state index is 12.1. The number of aryl methyl sites for hydroxylation is 1. The van der Waals surface area contributed by atoms with E-state index in [9.17, 15) is 14.9 Å². The van der Waals surface area contributed by atoms with Crippen molar-refractivity contribution >= 4 is 12.0 Å². The normalized spacial score (nSPS) is 10.6. The average molecular weight is 371 g/mol. The highest BCUT2D eigenvalue weighted by Crippen LogP contribution is 2.29. The van der Waals surface area contributed by atoms with Gasteiger partial charge in [-0.05, 0) is 48.7 Å². The molecule has 0 N–H and O–H groups in total. The van der Waals surface area contributed by atoms with Gasteiger partial charge in [-0.2, -0.15) is 0 Å². The Balaban J connectivity index is 1.95. The summed E-state index contributed by atoms with van der Waals surface area (Å²) in [5.74, 6) is 0.998. The second kappa shape index (κ2) is 9.96. The first-order valence-electron chi connectivity index (χ1n) is 8.44. The molecule has 0 aliphatic rings. The number of hydrogen-bond donors (Lipinski definition) is 0. The lowest BCUT2D eigenvalue weighted by molar-refractivity contribution is -0.400. The van der Waals surface area contributed by atoms with Gasteiger partial charge in [0.1, 0.15) is 5.75 Å². The molecule has 2 aromatic rings. The number of carbonyl (C=O) groups excluding carboxylic acids is 1. The number of carbonyl (C=O) groups is 1. The van der Waals surface area contributed by atoms with Crippen LogP contribution in [0.15, 0.2) is 48.7 Å². The molecule has 0 aromatic heterocycles. The molecule has 0 atom stereocenters. The van der Waals surface area contributed by atoms with Crippen molar-refractivity contribution in [3.8, 4) is 17.2 Å². The quantitative estimate of drug-likeness (QED) is 0.288. The number of nitro groups is 1. The molecule has 0 radical (unpaired) electrons. The first kappa shape index (κ1) is 20.0. The Morgan fingerprint density at radius 1 is 1.15 bits per heavy atom. The molecule has 0 saturated carbocycles. The van der Waals surface area contributed by atoms with E-state index in [2.05, 4.69) is 0 Å². The Labute approximate surface area is 157 Å². The highest BCUT2D eigenvalue weighted by Gasteiger charge is 2.11. The van der Waals surface area contributed by atoms with Gasteiger partial charge in [0.15, 0.2) is 11.5 Å². The summed E-state index contributed by atoms with van der Waals surface area (Å²) in [7, 11) is 1.44. The molecule has 2 aromatic carbocycles. The van der Waals surface area contributed by atoms with Crippen LogP contribution in [-0.4, -0.2) is 24.6 Å². The largest absolute Gasteiger partial charge is 0.494 e.